The maximum atomic E-state index is 5.66. The zero-order valence-corrected chi connectivity index (χ0v) is 10.8. The van der Waals surface area contributed by atoms with E-state index in [2.05, 4.69) is 16.9 Å². The van der Waals surface area contributed by atoms with Gasteiger partial charge in [0.2, 0.25) is 0 Å². The van der Waals surface area contributed by atoms with Crippen LogP contribution >= 0.6 is 0 Å². The molecule has 0 unspecified atom stereocenters. The fourth-order valence-corrected chi connectivity index (χ4v) is 1.84. The Morgan fingerprint density at radius 2 is 1.67 bits per heavy atom. The Morgan fingerprint density at radius 3 is 2.28 bits per heavy atom. The fourth-order valence-electron chi connectivity index (χ4n) is 1.84. The van der Waals surface area contributed by atoms with Crippen LogP contribution in [0.1, 0.15) is 31.7 Å². The molecule has 0 aliphatic rings. The summed E-state index contributed by atoms with van der Waals surface area (Å²) in [5, 5.41) is 0. The zero-order valence-electron chi connectivity index (χ0n) is 10.8. The van der Waals surface area contributed by atoms with Crippen molar-refractivity contribution in [3.63, 3.8) is 0 Å². The van der Waals surface area contributed by atoms with E-state index in [-0.39, 0.29) is 0 Å². The lowest BCUT2D eigenvalue weighted by atomic mass is 10.1. The molecule has 0 spiro atoms. The first-order valence-electron chi connectivity index (χ1n) is 6.46. The van der Waals surface area contributed by atoms with Crippen molar-refractivity contribution in [2.75, 3.05) is 5.73 Å². The van der Waals surface area contributed by atoms with E-state index in [1.54, 1.807) is 0 Å². The van der Waals surface area contributed by atoms with Gasteiger partial charge in [-0.15, -0.1) is 0 Å². The highest BCUT2D eigenvalue weighted by Gasteiger charge is 2.01. The van der Waals surface area contributed by atoms with Gasteiger partial charge in [-0.1, -0.05) is 19.8 Å². The molecule has 2 N–H and O–H groups in total. The van der Waals surface area contributed by atoms with Crippen LogP contribution in [0.25, 0.3) is 11.4 Å². The number of anilines is 1. The number of nitrogen functional groups attached to an aromatic ring is 1. The molecule has 1 aromatic carbocycles. The molecule has 0 fully saturated rings. The second-order valence-electron chi connectivity index (χ2n) is 4.49. The van der Waals surface area contributed by atoms with Crippen molar-refractivity contribution in [1.82, 2.24) is 9.97 Å². The highest BCUT2D eigenvalue weighted by Crippen LogP contribution is 2.16. The number of aromatic nitrogens is 2. The first kappa shape index (κ1) is 12.6. The van der Waals surface area contributed by atoms with Crippen molar-refractivity contribution in [2.45, 2.75) is 32.6 Å². The van der Waals surface area contributed by atoms with Crippen LogP contribution in [0.15, 0.2) is 36.7 Å². The molecule has 0 amide bonds. The molecule has 0 radical (unpaired) electrons. The minimum Gasteiger partial charge on any atom is -0.399 e. The summed E-state index contributed by atoms with van der Waals surface area (Å²) in [4.78, 5) is 8.81. The van der Waals surface area contributed by atoms with Crippen molar-refractivity contribution in [3.05, 3.63) is 42.2 Å². The minimum absolute atomic E-state index is 0.759. The molecule has 0 atom stereocenters. The topological polar surface area (TPSA) is 51.8 Å². The molecule has 0 saturated carbocycles. The Kier molecular flexibility index (Phi) is 4.29. The second-order valence-corrected chi connectivity index (χ2v) is 4.49. The van der Waals surface area contributed by atoms with Crippen LogP contribution in [0.5, 0.6) is 0 Å². The lowest BCUT2D eigenvalue weighted by molar-refractivity contribution is 0.714. The Morgan fingerprint density at radius 1 is 1.00 bits per heavy atom. The van der Waals surface area contributed by atoms with Gasteiger partial charge in [0, 0.05) is 23.6 Å². The number of hydrogen-bond acceptors (Lipinski definition) is 3. The number of benzene rings is 1. The highest BCUT2D eigenvalue weighted by atomic mass is 14.9. The first-order valence-corrected chi connectivity index (χ1v) is 6.46. The van der Waals surface area contributed by atoms with Crippen molar-refractivity contribution in [2.24, 2.45) is 0 Å². The van der Waals surface area contributed by atoms with E-state index in [0.29, 0.717) is 0 Å². The maximum Gasteiger partial charge on any atom is 0.159 e. The highest BCUT2D eigenvalue weighted by molar-refractivity contribution is 5.58. The van der Waals surface area contributed by atoms with Crippen LogP contribution in [0.4, 0.5) is 5.69 Å². The van der Waals surface area contributed by atoms with Gasteiger partial charge < -0.3 is 5.73 Å². The number of rotatable bonds is 5. The van der Waals surface area contributed by atoms with Crippen LogP contribution in [-0.2, 0) is 6.42 Å². The predicted molar refractivity (Wildman–Crippen MR) is 75.1 cm³/mol. The standard InChI is InChI=1S/C15H19N3/c1-2-3-4-5-12-10-17-15(18-11-12)13-6-8-14(16)9-7-13/h6-11H,2-5,16H2,1H3. The van der Waals surface area contributed by atoms with E-state index < -0.39 is 0 Å². The number of nitrogens with zero attached hydrogens (tertiary/aromatic N) is 2. The van der Waals surface area contributed by atoms with Gasteiger partial charge >= 0.3 is 0 Å². The number of aryl methyl sites for hydroxylation is 1. The van der Waals surface area contributed by atoms with Gasteiger partial charge in [0.25, 0.3) is 0 Å². The van der Waals surface area contributed by atoms with Gasteiger partial charge in [0.15, 0.2) is 5.82 Å². The summed E-state index contributed by atoms with van der Waals surface area (Å²) < 4.78 is 0. The van der Waals surface area contributed by atoms with Gasteiger partial charge in [0.1, 0.15) is 0 Å². The zero-order chi connectivity index (χ0) is 12.8. The summed E-state index contributed by atoms with van der Waals surface area (Å²) >= 11 is 0. The Balaban J connectivity index is 2.05. The molecule has 3 nitrogen and oxygen atoms in total. The van der Waals surface area contributed by atoms with Crippen LogP contribution < -0.4 is 5.73 Å². The van der Waals surface area contributed by atoms with E-state index >= 15 is 0 Å². The molecule has 2 aromatic rings. The Labute approximate surface area is 108 Å². The van der Waals surface area contributed by atoms with E-state index in [1.807, 2.05) is 36.7 Å². The van der Waals surface area contributed by atoms with E-state index in [0.717, 1.165) is 23.5 Å². The van der Waals surface area contributed by atoms with Crippen molar-refractivity contribution < 1.29 is 0 Å². The van der Waals surface area contributed by atoms with Gasteiger partial charge in [-0.3, -0.25) is 0 Å². The molecule has 1 heterocycles. The smallest absolute Gasteiger partial charge is 0.159 e. The van der Waals surface area contributed by atoms with Gasteiger partial charge in [0.05, 0.1) is 0 Å². The third-order valence-electron chi connectivity index (χ3n) is 2.94. The molecule has 0 aliphatic heterocycles. The molecule has 0 bridgehead atoms. The summed E-state index contributed by atoms with van der Waals surface area (Å²) in [6.07, 6.45) is 8.63. The quantitative estimate of drug-likeness (QED) is 0.644. The molecule has 94 valence electrons. The van der Waals surface area contributed by atoms with Crippen molar-refractivity contribution in [3.8, 4) is 11.4 Å². The maximum absolute atomic E-state index is 5.66. The molecular formula is C15H19N3. The van der Waals surface area contributed by atoms with Crippen molar-refractivity contribution >= 4 is 5.69 Å². The van der Waals surface area contributed by atoms with E-state index in [4.69, 9.17) is 5.73 Å². The normalized spacial score (nSPS) is 10.5. The van der Waals surface area contributed by atoms with Gasteiger partial charge in [-0.05, 0) is 42.7 Å². The number of nitrogens with two attached hydrogens (primary N) is 1. The minimum atomic E-state index is 0.759. The fraction of sp³-hybridized carbons (Fsp3) is 0.333. The van der Waals surface area contributed by atoms with Gasteiger partial charge in [-0.2, -0.15) is 0 Å². The monoisotopic (exact) mass is 241 g/mol. The molecular weight excluding hydrogens is 222 g/mol. The number of unbranched alkanes of at least 4 members (excludes halogenated alkanes) is 2. The van der Waals surface area contributed by atoms with Crippen molar-refractivity contribution in [1.29, 1.82) is 0 Å². The van der Waals surface area contributed by atoms with E-state index in [1.165, 1.54) is 24.8 Å². The summed E-state index contributed by atoms with van der Waals surface area (Å²) in [6, 6.07) is 7.63. The Bertz CT molecular complexity index is 474. The summed E-state index contributed by atoms with van der Waals surface area (Å²) in [6.45, 7) is 2.21. The van der Waals surface area contributed by atoms with Crippen LogP contribution in [0, 0.1) is 0 Å². The molecule has 18 heavy (non-hydrogen) atoms. The van der Waals surface area contributed by atoms with E-state index in [9.17, 15) is 0 Å². The van der Waals surface area contributed by atoms with Gasteiger partial charge in [-0.25, -0.2) is 9.97 Å². The molecule has 0 saturated heterocycles. The molecule has 3 heteroatoms. The third kappa shape index (κ3) is 3.29. The Hall–Kier alpha value is -1.90. The molecule has 1 aromatic heterocycles. The lowest BCUT2D eigenvalue weighted by Crippen LogP contribution is -1.93. The third-order valence-corrected chi connectivity index (χ3v) is 2.94. The summed E-state index contributed by atoms with van der Waals surface area (Å²) in [5.74, 6) is 0.759. The first-order chi connectivity index (χ1) is 8.79. The average Bonchev–Trinajstić information content (AvgIpc) is 2.41. The average molecular weight is 241 g/mol. The molecule has 2 rings (SSSR count). The van der Waals surface area contributed by atoms with Crippen LogP contribution in [-0.4, -0.2) is 9.97 Å². The van der Waals surface area contributed by atoms with Crippen LogP contribution in [0.3, 0.4) is 0 Å². The number of hydrogen-bond donors (Lipinski definition) is 1. The van der Waals surface area contributed by atoms with Crippen LogP contribution in [0.2, 0.25) is 0 Å². The summed E-state index contributed by atoms with van der Waals surface area (Å²) in [5.41, 5.74) is 8.63. The second kappa shape index (κ2) is 6.15. The molecule has 0 aliphatic carbocycles. The predicted octanol–water partition coefficient (Wildman–Crippen LogP) is 3.46. The SMILES string of the molecule is CCCCCc1cnc(-c2ccc(N)cc2)nc1. The lowest BCUT2D eigenvalue weighted by Gasteiger charge is -2.03. The largest absolute Gasteiger partial charge is 0.399 e. The summed E-state index contributed by atoms with van der Waals surface area (Å²) in [7, 11) is 0.